The van der Waals surface area contributed by atoms with Crippen LogP contribution < -0.4 is 0 Å². The Morgan fingerprint density at radius 3 is 2.85 bits per heavy atom. The lowest BCUT2D eigenvalue weighted by molar-refractivity contribution is 0.617. The summed E-state index contributed by atoms with van der Waals surface area (Å²) < 4.78 is 14.5. The molecule has 0 unspecified atom stereocenters. The average molecular weight is 177 g/mol. The van der Waals surface area contributed by atoms with Crippen LogP contribution in [0.4, 0.5) is 4.39 Å². The van der Waals surface area contributed by atoms with Gasteiger partial charge in [0, 0.05) is 0 Å². The van der Waals surface area contributed by atoms with Gasteiger partial charge in [0.05, 0.1) is 18.1 Å². The largest absolute Gasteiger partial charge is 0.221 e. The van der Waals surface area contributed by atoms with E-state index >= 15 is 0 Å². The molecule has 1 aromatic carbocycles. The molecular formula is C9H8FN3. The first-order chi connectivity index (χ1) is 6.27. The fourth-order valence-electron chi connectivity index (χ4n) is 1.12. The molecule has 2 aromatic rings. The van der Waals surface area contributed by atoms with Gasteiger partial charge in [-0.3, -0.25) is 0 Å². The van der Waals surface area contributed by atoms with Crippen molar-refractivity contribution < 1.29 is 4.39 Å². The van der Waals surface area contributed by atoms with Gasteiger partial charge in [-0.1, -0.05) is 5.21 Å². The van der Waals surface area contributed by atoms with Gasteiger partial charge in [-0.15, -0.1) is 5.10 Å². The van der Waals surface area contributed by atoms with Gasteiger partial charge in [-0.2, -0.15) is 0 Å². The van der Waals surface area contributed by atoms with Crippen molar-refractivity contribution in [3.05, 3.63) is 42.0 Å². The van der Waals surface area contributed by atoms with Crippen LogP contribution in [-0.2, 0) is 0 Å². The van der Waals surface area contributed by atoms with Crippen molar-refractivity contribution in [2.24, 2.45) is 0 Å². The minimum Gasteiger partial charge on any atom is -0.221 e. The Balaban J connectivity index is 2.49. The molecule has 1 aromatic heterocycles. The van der Waals surface area contributed by atoms with Crippen molar-refractivity contribution in [1.82, 2.24) is 15.0 Å². The number of rotatable bonds is 1. The van der Waals surface area contributed by atoms with Crippen molar-refractivity contribution in [2.45, 2.75) is 6.92 Å². The molecule has 0 bridgehead atoms. The van der Waals surface area contributed by atoms with E-state index in [2.05, 4.69) is 10.3 Å². The molecule has 0 amide bonds. The molecule has 0 spiro atoms. The van der Waals surface area contributed by atoms with Gasteiger partial charge in [0.25, 0.3) is 0 Å². The summed E-state index contributed by atoms with van der Waals surface area (Å²) in [5.74, 6) is -0.205. The molecule has 0 fully saturated rings. The Morgan fingerprint density at radius 1 is 1.38 bits per heavy atom. The molecule has 0 atom stereocenters. The van der Waals surface area contributed by atoms with Crippen LogP contribution in [0.3, 0.4) is 0 Å². The third-order valence-corrected chi connectivity index (χ3v) is 1.83. The number of benzene rings is 1. The number of nitrogens with zero attached hydrogens (tertiary/aromatic N) is 3. The standard InChI is InChI=1S/C9H8FN3/c1-7-6-8(2-3-9(7)10)13-5-4-11-12-13/h2-6H,1H3. The maximum Gasteiger partial charge on any atom is 0.126 e. The minimum atomic E-state index is -0.205. The number of halogens is 1. The van der Waals surface area contributed by atoms with Crippen LogP contribution in [-0.4, -0.2) is 15.0 Å². The van der Waals surface area contributed by atoms with E-state index in [1.165, 1.54) is 6.07 Å². The second kappa shape index (κ2) is 2.97. The van der Waals surface area contributed by atoms with Crippen LogP contribution in [0.15, 0.2) is 30.6 Å². The SMILES string of the molecule is Cc1cc(-n2ccnn2)ccc1F. The monoisotopic (exact) mass is 177 g/mol. The summed E-state index contributed by atoms with van der Waals surface area (Å²) in [5.41, 5.74) is 1.42. The molecule has 0 aliphatic carbocycles. The lowest BCUT2D eigenvalue weighted by Gasteiger charge is -2.01. The molecule has 0 radical (unpaired) electrons. The maximum atomic E-state index is 12.9. The zero-order chi connectivity index (χ0) is 9.26. The second-order valence-electron chi connectivity index (χ2n) is 2.78. The second-order valence-corrected chi connectivity index (χ2v) is 2.78. The van der Waals surface area contributed by atoms with E-state index in [0.29, 0.717) is 5.56 Å². The van der Waals surface area contributed by atoms with Gasteiger partial charge >= 0.3 is 0 Å². The molecule has 0 aliphatic heterocycles. The maximum absolute atomic E-state index is 12.9. The van der Waals surface area contributed by atoms with Gasteiger partial charge in [0.1, 0.15) is 5.82 Å². The first-order valence-electron chi connectivity index (χ1n) is 3.90. The van der Waals surface area contributed by atoms with Gasteiger partial charge in [-0.05, 0) is 30.7 Å². The van der Waals surface area contributed by atoms with Gasteiger partial charge < -0.3 is 0 Å². The number of hydrogen-bond donors (Lipinski definition) is 0. The predicted octanol–water partition coefficient (Wildman–Crippen LogP) is 1.71. The normalized spacial score (nSPS) is 10.3. The minimum absolute atomic E-state index is 0.205. The Hall–Kier alpha value is -1.71. The van der Waals surface area contributed by atoms with Crippen LogP contribution in [0.25, 0.3) is 5.69 Å². The highest BCUT2D eigenvalue weighted by Crippen LogP contribution is 2.11. The quantitative estimate of drug-likeness (QED) is 0.664. The molecule has 13 heavy (non-hydrogen) atoms. The zero-order valence-electron chi connectivity index (χ0n) is 7.11. The molecule has 2 rings (SSSR count). The summed E-state index contributed by atoms with van der Waals surface area (Å²) in [6.45, 7) is 1.72. The Morgan fingerprint density at radius 2 is 2.23 bits per heavy atom. The summed E-state index contributed by atoms with van der Waals surface area (Å²) in [7, 11) is 0. The molecule has 0 saturated heterocycles. The molecule has 4 heteroatoms. The Bertz CT molecular complexity index is 409. The van der Waals surface area contributed by atoms with E-state index in [0.717, 1.165) is 5.69 Å². The van der Waals surface area contributed by atoms with E-state index in [1.807, 2.05) is 0 Å². The van der Waals surface area contributed by atoms with Crippen LogP contribution in [0.2, 0.25) is 0 Å². The van der Waals surface area contributed by atoms with Crippen LogP contribution in [0, 0.1) is 12.7 Å². The summed E-state index contributed by atoms with van der Waals surface area (Å²) in [4.78, 5) is 0. The van der Waals surface area contributed by atoms with Gasteiger partial charge in [-0.25, -0.2) is 9.07 Å². The fraction of sp³-hybridized carbons (Fsp3) is 0.111. The van der Waals surface area contributed by atoms with Crippen molar-refractivity contribution in [2.75, 3.05) is 0 Å². The van der Waals surface area contributed by atoms with E-state index in [1.54, 1.807) is 36.1 Å². The summed E-state index contributed by atoms with van der Waals surface area (Å²) in [6.07, 6.45) is 3.30. The fourth-order valence-corrected chi connectivity index (χ4v) is 1.12. The highest BCUT2D eigenvalue weighted by atomic mass is 19.1. The third kappa shape index (κ3) is 1.42. The van der Waals surface area contributed by atoms with E-state index in [9.17, 15) is 4.39 Å². The lowest BCUT2D eigenvalue weighted by Crippen LogP contribution is -1.96. The molecule has 1 heterocycles. The van der Waals surface area contributed by atoms with Crippen molar-refractivity contribution in [3.8, 4) is 5.69 Å². The van der Waals surface area contributed by atoms with Crippen LogP contribution in [0.1, 0.15) is 5.56 Å². The van der Waals surface area contributed by atoms with Gasteiger partial charge in [0.15, 0.2) is 0 Å². The summed E-state index contributed by atoms with van der Waals surface area (Å²) in [5, 5.41) is 7.47. The Labute approximate surface area is 74.8 Å². The summed E-state index contributed by atoms with van der Waals surface area (Å²) >= 11 is 0. The lowest BCUT2D eigenvalue weighted by atomic mass is 10.2. The summed E-state index contributed by atoms with van der Waals surface area (Å²) in [6, 6.07) is 4.81. The number of aromatic nitrogens is 3. The van der Waals surface area contributed by atoms with Crippen molar-refractivity contribution in [3.63, 3.8) is 0 Å². The highest BCUT2D eigenvalue weighted by molar-refractivity contribution is 5.34. The van der Waals surface area contributed by atoms with E-state index in [-0.39, 0.29) is 5.82 Å². The smallest absolute Gasteiger partial charge is 0.126 e. The van der Waals surface area contributed by atoms with E-state index < -0.39 is 0 Å². The molecule has 3 nitrogen and oxygen atoms in total. The highest BCUT2D eigenvalue weighted by Gasteiger charge is 2.00. The number of hydrogen-bond acceptors (Lipinski definition) is 2. The third-order valence-electron chi connectivity index (χ3n) is 1.83. The van der Waals surface area contributed by atoms with Crippen molar-refractivity contribution >= 4 is 0 Å². The number of aryl methyl sites for hydroxylation is 1. The molecular weight excluding hydrogens is 169 g/mol. The van der Waals surface area contributed by atoms with E-state index in [4.69, 9.17) is 0 Å². The van der Waals surface area contributed by atoms with Crippen molar-refractivity contribution in [1.29, 1.82) is 0 Å². The first-order valence-corrected chi connectivity index (χ1v) is 3.90. The molecule has 0 aliphatic rings. The molecule has 0 N–H and O–H groups in total. The Kier molecular flexibility index (Phi) is 1.81. The zero-order valence-corrected chi connectivity index (χ0v) is 7.11. The van der Waals surface area contributed by atoms with Gasteiger partial charge in [0.2, 0.25) is 0 Å². The predicted molar refractivity (Wildman–Crippen MR) is 46.1 cm³/mol. The van der Waals surface area contributed by atoms with Crippen LogP contribution in [0.5, 0.6) is 0 Å². The molecule has 66 valence electrons. The first kappa shape index (κ1) is 7.91. The molecule has 0 saturated carbocycles. The average Bonchev–Trinajstić information content (AvgIpc) is 2.62. The van der Waals surface area contributed by atoms with Crippen LogP contribution >= 0.6 is 0 Å². The topological polar surface area (TPSA) is 30.7 Å².